The average molecular weight is 336 g/mol. The summed E-state index contributed by atoms with van der Waals surface area (Å²) in [6, 6.07) is 15.8. The van der Waals surface area contributed by atoms with E-state index in [1.54, 1.807) is 11.3 Å². The van der Waals surface area contributed by atoms with Crippen molar-refractivity contribution in [3.63, 3.8) is 0 Å². The zero-order chi connectivity index (χ0) is 16.4. The Kier molecular flexibility index (Phi) is 4.01. The maximum Gasteiger partial charge on any atom is 0.224 e. The molecule has 120 valence electrons. The van der Waals surface area contributed by atoms with Crippen molar-refractivity contribution in [2.24, 2.45) is 0 Å². The fourth-order valence-electron chi connectivity index (χ4n) is 2.71. The molecule has 0 spiro atoms. The number of aryl methyl sites for hydroxylation is 1. The number of rotatable bonds is 4. The highest BCUT2D eigenvalue weighted by atomic mass is 32.1. The third-order valence-electron chi connectivity index (χ3n) is 3.95. The van der Waals surface area contributed by atoms with Crippen molar-refractivity contribution in [1.29, 1.82) is 0 Å². The molecule has 1 N–H and O–H groups in total. The van der Waals surface area contributed by atoms with Gasteiger partial charge in [0.15, 0.2) is 0 Å². The fourth-order valence-corrected chi connectivity index (χ4v) is 3.43. The lowest BCUT2D eigenvalue weighted by Crippen LogP contribution is -2.18. The fraction of sp³-hybridized carbons (Fsp3) is 0.158. The largest absolute Gasteiger partial charge is 0.486 e. The smallest absolute Gasteiger partial charge is 0.224 e. The molecule has 4 rings (SSSR count). The summed E-state index contributed by atoms with van der Waals surface area (Å²) in [5.74, 6) is 0.933. The first-order valence-electron chi connectivity index (χ1n) is 7.83. The SMILES string of the molecule is O=C1CCc2cc(-c3csc(COc4ccccc4)n3)ccc2N1. The third-order valence-corrected chi connectivity index (χ3v) is 4.78. The molecular formula is C19H16N2O2S. The van der Waals surface area contributed by atoms with E-state index in [-0.39, 0.29) is 5.91 Å². The number of ether oxygens (including phenoxy) is 1. The highest BCUT2D eigenvalue weighted by Crippen LogP contribution is 2.29. The second-order valence-corrected chi connectivity index (χ2v) is 6.59. The number of hydrogen-bond donors (Lipinski definition) is 1. The molecule has 3 aromatic rings. The van der Waals surface area contributed by atoms with Crippen LogP contribution in [-0.4, -0.2) is 10.9 Å². The molecule has 5 heteroatoms. The number of thiazole rings is 1. The van der Waals surface area contributed by atoms with Gasteiger partial charge in [-0.25, -0.2) is 4.98 Å². The molecular weight excluding hydrogens is 320 g/mol. The molecule has 2 heterocycles. The zero-order valence-corrected chi connectivity index (χ0v) is 13.8. The molecule has 1 aromatic heterocycles. The first-order chi connectivity index (χ1) is 11.8. The van der Waals surface area contributed by atoms with Crippen molar-refractivity contribution >= 4 is 22.9 Å². The number of para-hydroxylation sites is 1. The van der Waals surface area contributed by atoms with Crippen LogP contribution >= 0.6 is 11.3 Å². The molecule has 0 atom stereocenters. The van der Waals surface area contributed by atoms with Crippen LogP contribution in [0.5, 0.6) is 5.75 Å². The number of carbonyl (C=O) groups is 1. The van der Waals surface area contributed by atoms with Crippen LogP contribution in [0.1, 0.15) is 17.0 Å². The monoisotopic (exact) mass is 336 g/mol. The average Bonchev–Trinajstić information content (AvgIpc) is 3.09. The lowest BCUT2D eigenvalue weighted by atomic mass is 9.99. The van der Waals surface area contributed by atoms with Gasteiger partial charge in [0.25, 0.3) is 0 Å². The van der Waals surface area contributed by atoms with Crippen LogP contribution < -0.4 is 10.1 Å². The maximum absolute atomic E-state index is 11.4. The molecule has 0 unspecified atom stereocenters. The Morgan fingerprint density at radius 1 is 1.12 bits per heavy atom. The van der Waals surface area contributed by atoms with E-state index < -0.39 is 0 Å². The maximum atomic E-state index is 11.4. The number of hydrogen-bond acceptors (Lipinski definition) is 4. The zero-order valence-electron chi connectivity index (χ0n) is 13.0. The number of nitrogens with one attached hydrogen (secondary N) is 1. The van der Waals surface area contributed by atoms with E-state index in [2.05, 4.69) is 16.4 Å². The van der Waals surface area contributed by atoms with Crippen LogP contribution in [0.2, 0.25) is 0 Å². The van der Waals surface area contributed by atoms with Crippen molar-refractivity contribution in [2.45, 2.75) is 19.4 Å². The number of nitrogens with zero attached hydrogens (tertiary/aromatic N) is 1. The second-order valence-electron chi connectivity index (χ2n) is 5.65. The number of fused-ring (bicyclic) bond motifs is 1. The molecule has 1 aliphatic rings. The minimum atomic E-state index is 0.0873. The Bertz CT molecular complexity index is 874. The molecule has 0 saturated heterocycles. The summed E-state index contributed by atoms with van der Waals surface area (Å²) in [5.41, 5.74) is 4.11. The topological polar surface area (TPSA) is 51.2 Å². The third kappa shape index (κ3) is 3.16. The van der Waals surface area contributed by atoms with E-state index >= 15 is 0 Å². The van der Waals surface area contributed by atoms with Crippen molar-refractivity contribution < 1.29 is 9.53 Å². The van der Waals surface area contributed by atoms with E-state index in [1.165, 1.54) is 5.56 Å². The van der Waals surface area contributed by atoms with Crippen LogP contribution in [0.15, 0.2) is 53.9 Å². The van der Waals surface area contributed by atoms with Crippen LogP contribution in [0.4, 0.5) is 5.69 Å². The van der Waals surface area contributed by atoms with Gasteiger partial charge >= 0.3 is 0 Å². The highest BCUT2D eigenvalue weighted by molar-refractivity contribution is 7.09. The Morgan fingerprint density at radius 2 is 2.00 bits per heavy atom. The van der Waals surface area contributed by atoms with Gasteiger partial charge in [0, 0.05) is 23.1 Å². The highest BCUT2D eigenvalue weighted by Gasteiger charge is 2.16. The van der Waals surface area contributed by atoms with E-state index in [0.29, 0.717) is 13.0 Å². The normalized spacial score (nSPS) is 13.2. The number of anilines is 1. The molecule has 1 amide bonds. The van der Waals surface area contributed by atoms with Gasteiger partial charge < -0.3 is 10.1 Å². The first kappa shape index (κ1) is 14.9. The summed E-state index contributed by atoms with van der Waals surface area (Å²) in [6.45, 7) is 0.468. The molecule has 0 bridgehead atoms. The van der Waals surface area contributed by atoms with Gasteiger partial charge in [-0.05, 0) is 36.2 Å². The molecule has 0 saturated carbocycles. The number of benzene rings is 2. The molecule has 0 aliphatic carbocycles. The lowest BCUT2D eigenvalue weighted by molar-refractivity contribution is -0.116. The van der Waals surface area contributed by atoms with Gasteiger partial charge in [-0.3, -0.25) is 4.79 Å². The summed E-state index contributed by atoms with van der Waals surface area (Å²) in [4.78, 5) is 16.1. The molecule has 24 heavy (non-hydrogen) atoms. The van der Waals surface area contributed by atoms with Crippen molar-refractivity contribution in [1.82, 2.24) is 4.98 Å². The van der Waals surface area contributed by atoms with E-state index in [0.717, 1.165) is 34.1 Å². The molecule has 1 aliphatic heterocycles. The minimum Gasteiger partial charge on any atom is -0.486 e. The number of carbonyl (C=O) groups excluding carboxylic acids is 1. The van der Waals surface area contributed by atoms with Gasteiger partial charge in [0.1, 0.15) is 17.4 Å². The van der Waals surface area contributed by atoms with Gasteiger partial charge in [-0.1, -0.05) is 24.3 Å². The molecule has 2 aromatic carbocycles. The Morgan fingerprint density at radius 3 is 2.88 bits per heavy atom. The van der Waals surface area contributed by atoms with Crippen molar-refractivity contribution in [3.05, 3.63) is 64.5 Å². The Labute approximate surface area is 144 Å². The lowest BCUT2D eigenvalue weighted by Gasteiger charge is -2.17. The Hall–Kier alpha value is -2.66. The first-order valence-corrected chi connectivity index (χ1v) is 8.71. The van der Waals surface area contributed by atoms with Crippen LogP contribution in [-0.2, 0) is 17.8 Å². The number of amides is 1. The molecule has 4 nitrogen and oxygen atoms in total. The van der Waals surface area contributed by atoms with Crippen LogP contribution in [0.3, 0.4) is 0 Å². The number of aromatic nitrogens is 1. The van der Waals surface area contributed by atoms with E-state index in [1.807, 2.05) is 47.8 Å². The van der Waals surface area contributed by atoms with Crippen LogP contribution in [0, 0.1) is 0 Å². The van der Waals surface area contributed by atoms with Gasteiger partial charge in [0.05, 0.1) is 5.69 Å². The van der Waals surface area contributed by atoms with Gasteiger partial charge in [-0.2, -0.15) is 0 Å². The quantitative estimate of drug-likeness (QED) is 0.774. The summed E-state index contributed by atoms with van der Waals surface area (Å²) in [6.07, 6.45) is 1.33. The summed E-state index contributed by atoms with van der Waals surface area (Å²) < 4.78 is 5.74. The summed E-state index contributed by atoms with van der Waals surface area (Å²) in [7, 11) is 0. The molecule has 0 radical (unpaired) electrons. The minimum absolute atomic E-state index is 0.0873. The van der Waals surface area contributed by atoms with Crippen LogP contribution in [0.25, 0.3) is 11.3 Å². The molecule has 0 fully saturated rings. The summed E-state index contributed by atoms with van der Waals surface area (Å²) >= 11 is 1.60. The predicted octanol–water partition coefficient (Wildman–Crippen LogP) is 4.27. The van der Waals surface area contributed by atoms with Gasteiger partial charge in [-0.15, -0.1) is 11.3 Å². The second kappa shape index (κ2) is 6.45. The van der Waals surface area contributed by atoms with Crippen molar-refractivity contribution in [3.8, 4) is 17.0 Å². The van der Waals surface area contributed by atoms with Gasteiger partial charge in [0.2, 0.25) is 5.91 Å². The summed E-state index contributed by atoms with van der Waals surface area (Å²) in [5, 5.41) is 5.90. The van der Waals surface area contributed by atoms with E-state index in [9.17, 15) is 4.79 Å². The van der Waals surface area contributed by atoms with E-state index in [4.69, 9.17) is 4.74 Å². The standard InChI is InChI=1S/C19H16N2O2S/c22-18-9-7-13-10-14(6-8-16(13)20-18)17-12-24-19(21-17)11-23-15-4-2-1-3-5-15/h1-6,8,10,12H,7,9,11H2,(H,20,22). The van der Waals surface area contributed by atoms with Crippen molar-refractivity contribution in [2.75, 3.05) is 5.32 Å². The Balaban J connectivity index is 1.49. The predicted molar refractivity (Wildman–Crippen MR) is 95.3 cm³/mol.